The number of hydrogen-bond donors (Lipinski definition) is 1. The van der Waals surface area contributed by atoms with Crippen molar-refractivity contribution in [1.29, 1.82) is 0 Å². The molecule has 114 valence electrons. The first kappa shape index (κ1) is 14.7. The van der Waals surface area contributed by atoms with Gasteiger partial charge in [-0.3, -0.25) is 19.7 Å². The average Bonchev–Trinajstić information content (AvgIpc) is 2.58. The average molecular weight is 296 g/mol. The normalized spacial score (nSPS) is 15.5. The molecular formula is C17H20N4O. The second-order valence-corrected chi connectivity index (χ2v) is 5.55. The van der Waals surface area contributed by atoms with E-state index in [1.165, 1.54) is 0 Å². The highest BCUT2D eigenvalue weighted by Gasteiger charge is 2.23. The standard InChI is InChI=1S/C17H20N4O/c22-17(11-14-5-9-18-10-6-14)21(15-3-1-7-19-12-15)16-4-2-8-20-13-16/h1-4,7-8,12-14,18H,5-6,9-11H2. The van der Waals surface area contributed by atoms with Crippen LogP contribution in [0.15, 0.2) is 49.1 Å². The number of anilines is 2. The Morgan fingerprint density at radius 1 is 1.09 bits per heavy atom. The molecule has 0 saturated carbocycles. The van der Waals surface area contributed by atoms with Gasteiger partial charge in [0.05, 0.1) is 23.8 Å². The number of nitrogens with zero attached hydrogens (tertiary/aromatic N) is 3. The minimum absolute atomic E-state index is 0.105. The fraction of sp³-hybridized carbons (Fsp3) is 0.353. The van der Waals surface area contributed by atoms with Crippen molar-refractivity contribution in [3.05, 3.63) is 49.1 Å². The molecule has 5 nitrogen and oxygen atoms in total. The lowest BCUT2D eigenvalue weighted by Crippen LogP contribution is -2.33. The molecule has 1 fully saturated rings. The third kappa shape index (κ3) is 3.49. The molecule has 0 aliphatic carbocycles. The van der Waals surface area contributed by atoms with Crippen LogP contribution in [0, 0.1) is 5.92 Å². The Hall–Kier alpha value is -2.27. The molecule has 0 unspecified atom stereocenters. The van der Waals surface area contributed by atoms with Crippen LogP contribution in [0.4, 0.5) is 11.4 Å². The number of amides is 1. The van der Waals surface area contributed by atoms with Gasteiger partial charge in [0, 0.05) is 18.8 Å². The van der Waals surface area contributed by atoms with E-state index in [1.54, 1.807) is 29.7 Å². The van der Waals surface area contributed by atoms with Crippen LogP contribution in [-0.2, 0) is 4.79 Å². The van der Waals surface area contributed by atoms with Crippen molar-refractivity contribution in [3.8, 4) is 0 Å². The van der Waals surface area contributed by atoms with Gasteiger partial charge in [0.1, 0.15) is 0 Å². The summed E-state index contributed by atoms with van der Waals surface area (Å²) in [6, 6.07) is 7.49. The summed E-state index contributed by atoms with van der Waals surface area (Å²) in [5.74, 6) is 0.553. The van der Waals surface area contributed by atoms with Crippen molar-refractivity contribution in [2.24, 2.45) is 5.92 Å². The van der Waals surface area contributed by atoms with Gasteiger partial charge in [0.15, 0.2) is 0 Å². The molecule has 2 aromatic heterocycles. The number of piperidine rings is 1. The second-order valence-electron chi connectivity index (χ2n) is 5.55. The van der Waals surface area contributed by atoms with Crippen LogP contribution in [0.5, 0.6) is 0 Å². The molecule has 0 bridgehead atoms. The Bertz CT molecular complexity index is 557. The van der Waals surface area contributed by atoms with E-state index >= 15 is 0 Å². The Labute approximate surface area is 130 Å². The smallest absolute Gasteiger partial charge is 0.231 e. The number of pyridine rings is 2. The number of carbonyl (C=O) groups is 1. The van der Waals surface area contributed by atoms with E-state index in [0.29, 0.717) is 12.3 Å². The summed E-state index contributed by atoms with van der Waals surface area (Å²) in [6.07, 6.45) is 9.52. The zero-order valence-electron chi connectivity index (χ0n) is 12.5. The highest BCUT2D eigenvalue weighted by molar-refractivity contribution is 6.00. The fourth-order valence-electron chi connectivity index (χ4n) is 2.83. The van der Waals surface area contributed by atoms with Crippen LogP contribution in [0.1, 0.15) is 19.3 Å². The van der Waals surface area contributed by atoms with E-state index in [4.69, 9.17) is 0 Å². The van der Waals surface area contributed by atoms with E-state index < -0.39 is 0 Å². The molecule has 22 heavy (non-hydrogen) atoms. The first-order chi connectivity index (χ1) is 10.8. The molecule has 5 heteroatoms. The molecule has 1 saturated heterocycles. The monoisotopic (exact) mass is 296 g/mol. The highest BCUT2D eigenvalue weighted by atomic mass is 16.2. The van der Waals surface area contributed by atoms with Gasteiger partial charge in [-0.15, -0.1) is 0 Å². The van der Waals surface area contributed by atoms with Crippen LogP contribution >= 0.6 is 0 Å². The van der Waals surface area contributed by atoms with Gasteiger partial charge in [0.25, 0.3) is 0 Å². The quantitative estimate of drug-likeness (QED) is 0.942. The van der Waals surface area contributed by atoms with Gasteiger partial charge >= 0.3 is 0 Å². The predicted octanol–water partition coefficient (Wildman–Crippen LogP) is 2.53. The second kappa shape index (κ2) is 7.13. The van der Waals surface area contributed by atoms with Gasteiger partial charge in [-0.05, 0) is 56.1 Å². The molecular weight excluding hydrogens is 276 g/mol. The van der Waals surface area contributed by atoms with E-state index in [9.17, 15) is 4.79 Å². The molecule has 1 aliphatic rings. The third-order valence-corrected chi connectivity index (χ3v) is 3.98. The van der Waals surface area contributed by atoms with E-state index in [2.05, 4.69) is 15.3 Å². The molecule has 0 radical (unpaired) electrons. The zero-order chi connectivity index (χ0) is 15.2. The molecule has 1 aliphatic heterocycles. The maximum Gasteiger partial charge on any atom is 0.231 e. The molecule has 0 spiro atoms. The van der Waals surface area contributed by atoms with Crippen molar-refractivity contribution in [3.63, 3.8) is 0 Å². The fourth-order valence-corrected chi connectivity index (χ4v) is 2.83. The first-order valence-electron chi connectivity index (χ1n) is 7.68. The lowest BCUT2D eigenvalue weighted by Gasteiger charge is -2.27. The van der Waals surface area contributed by atoms with Crippen LogP contribution in [-0.4, -0.2) is 29.0 Å². The van der Waals surface area contributed by atoms with Crippen LogP contribution in [0.25, 0.3) is 0 Å². The van der Waals surface area contributed by atoms with Crippen molar-refractivity contribution >= 4 is 17.3 Å². The number of hydrogen-bond acceptors (Lipinski definition) is 4. The van der Waals surface area contributed by atoms with Gasteiger partial charge in [-0.1, -0.05) is 0 Å². The Balaban J connectivity index is 1.83. The van der Waals surface area contributed by atoms with Crippen molar-refractivity contribution in [1.82, 2.24) is 15.3 Å². The summed E-state index contributed by atoms with van der Waals surface area (Å²) in [5.41, 5.74) is 1.57. The van der Waals surface area contributed by atoms with Gasteiger partial charge in [-0.25, -0.2) is 0 Å². The third-order valence-electron chi connectivity index (χ3n) is 3.98. The summed E-state index contributed by atoms with van der Waals surface area (Å²) in [7, 11) is 0. The van der Waals surface area contributed by atoms with E-state index in [1.807, 2.05) is 24.3 Å². The number of carbonyl (C=O) groups excluding carboxylic acids is 1. The Morgan fingerprint density at radius 3 is 2.18 bits per heavy atom. The number of nitrogens with one attached hydrogen (secondary N) is 1. The van der Waals surface area contributed by atoms with E-state index in [-0.39, 0.29) is 5.91 Å². The molecule has 3 heterocycles. The largest absolute Gasteiger partial charge is 0.317 e. The summed E-state index contributed by atoms with van der Waals surface area (Å²) < 4.78 is 0. The highest BCUT2D eigenvalue weighted by Crippen LogP contribution is 2.27. The lowest BCUT2D eigenvalue weighted by molar-refractivity contribution is -0.119. The Kier molecular flexibility index (Phi) is 4.75. The molecule has 1 N–H and O–H groups in total. The Morgan fingerprint density at radius 2 is 1.68 bits per heavy atom. The summed E-state index contributed by atoms with van der Waals surface area (Å²) in [6.45, 7) is 2.00. The van der Waals surface area contributed by atoms with Gasteiger partial charge < -0.3 is 5.32 Å². The molecule has 0 atom stereocenters. The summed E-state index contributed by atoms with van der Waals surface area (Å²) >= 11 is 0. The maximum absolute atomic E-state index is 12.9. The SMILES string of the molecule is O=C(CC1CCNCC1)N(c1cccnc1)c1cccnc1. The van der Waals surface area contributed by atoms with Crippen molar-refractivity contribution in [2.75, 3.05) is 18.0 Å². The minimum atomic E-state index is 0.105. The number of aromatic nitrogens is 2. The van der Waals surface area contributed by atoms with Gasteiger partial charge in [0.2, 0.25) is 5.91 Å². The zero-order valence-corrected chi connectivity index (χ0v) is 12.5. The molecule has 3 rings (SSSR count). The summed E-state index contributed by atoms with van der Waals surface area (Å²) in [4.78, 5) is 22.9. The van der Waals surface area contributed by atoms with Crippen molar-refractivity contribution < 1.29 is 4.79 Å². The van der Waals surface area contributed by atoms with Gasteiger partial charge in [-0.2, -0.15) is 0 Å². The summed E-state index contributed by atoms with van der Waals surface area (Å²) in [5, 5.41) is 3.34. The molecule has 1 amide bonds. The first-order valence-corrected chi connectivity index (χ1v) is 7.68. The van der Waals surface area contributed by atoms with Crippen LogP contribution in [0.3, 0.4) is 0 Å². The lowest BCUT2D eigenvalue weighted by atomic mass is 9.94. The predicted molar refractivity (Wildman–Crippen MR) is 85.8 cm³/mol. The molecule has 2 aromatic rings. The minimum Gasteiger partial charge on any atom is -0.317 e. The number of rotatable bonds is 4. The maximum atomic E-state index is 12.9. The molecule has 0 aromatic carbocycles. The topological polar surface area (TPSA) is 58.1 Å². The van der Waals surface area contributed by atoms with E-state index in [0.717, 1.165) is 37.3 Å². The van der Waals surface area contributed by atoms with Crippen LogP contribution in [0.2, 0.25) is 0 Å². The van der Waals surface area contributed by atoms with Crippen LogP contribution < -0.4 is 10.2 Å². The van der Waals surface area contributed by atoms with Crippen molar-refractivity contribution in [2.45, 2.75) is 19.3 Å².